The van der Waals surface area contributed by atoms with Crippen molar-refractivity contribution in [3.63, 3.8) is 0 Å². The molecule has 1 fully saturated rings. The van der Waals surface area contributed by atoms with E-state index in [4.69, 9.17) is 21.4 Å². The monoisotopic (exact) mass is 495 g/mol. The summed E-state index contributed by atoms with van der Waals surface area (Å²) in [5, 5.41) is 22.2. The van der Waals surface area contributed by atoms with Crippen molar-refractivity contribution < 1.29 is 24.1 Å². The average molecular weight is 496 g/mol. The average Bonchev–Trinajstić information content (AvgIpc) is 3.19. The quantitative estimate of drug-likeness (QED) is 0.482. The minimum absolute atomic E-state index is 0.247. The molecule has 3 N–H and O–H groups in total. The second kappa shape index (κ2) is 10.1. The third kappa shape index (κ3) is 5.33. The highest BCUT2D eigenvalue weighted by atomic mass is 35.5. The summed E-state index contributed by atoms with van der Waals surface area (Å²) in [7, 11) is 1.52. The van der Waals surface area contributed by atoms with Gasteiger partial charge in [0.1, 0.15) is 11.6 Å². The van der Waals surface area contributed by atoms with E-state index in [1.165, 1.54) is 30.6 Å². The van der Waals surface area contributed by atoms with E-state index in [9.17, 15) is 14.3 Å². The summed E-state index contributed by atoms with van der Waals surface area (Å²) >= 11 is 7.62. The predicted octanol–water partition coefficient (Wildman–Crippen LogP) is 2.71. The number of pyridine rings is 1. The summed E-state index contributed by atoms with van der Waals surface area (Å²) in [6, 6.07) is 5.62. The Balaban J connectivity index is 1.43. The Labute approximate surface area is 198 Å². The number of hydrogen-bond donors (Lipinski definition) is 3. The van der Waals surface area contributed by atoms with E-state index in [0.29, 0.717) is 51.4 Å². The molecule has 4 rings (SSSR count). The maximum Gasteiger partial charge on any atom is 0.325 e. The van der Waals surface area contributed by atoms with Gasteiger partial charge < -0.3 is 19.8 Å². The second-order valence-electron chi connectivity index (χ2n) is 7.58. The number of aliphatic hydroxyl groups excluding tert-OH is 2. The number of anilines is 2. The van der Waals surface area contributed by atoms with E-state index in [1.54, 1.807) is 23.2 Å². The highest BCUT2D eigenvalue weighted by Gasteiger charge is 2.32. The number of piperazine rings is 1. The topological polar surface area (TPSA) is 111 Å². The lowest BCUT2D eigenvalue weighted by Gasteiger charge is -2.40. The number of halogens is 2. The standard InChI is InChI=1S/C21H23ClFN5O4S/c1-32-18-10-27(19-15(22)7-12(9-24-19)6-14(30)11-29)4-5-28(18)21(31)26-20-25-16-3-2-13(23)8-17(16)33-20/h2-3,7-9,14,18,29-30H,4-6,10-11H2,1H3,(H,25,26,31)/t14-,18?/m1/s1. The molecule has 1 saturated heterocycles. The number of thiazole rings is 1. The van der Waals surface area contributed by atoms with Gasteiger partial charge in [0.25, 0.3) is 0 Å². The number of aliphatic hydroxyl groups is 2. The second-order valence-corrected chi connectivity index (χ2v) is 9.02. The minimum atomic E-state index is -0.872. The van der Waals surface area contributed by atoms with Crippen LogP contribution in [0.15, 0.2) is 30.5 Å². The van der Waals surface area contributed by atoms with E-state index in [1.807, 2.05) is 4.90 Å². The van der Waals surface area contributed by atoms with Crippen LogP contribution in [0.5, 0.6) is 0 Å². The minimum Gasteiger partial charge on any atom is -0.394 e. The smallest absolute Gasteiger partial charge is 0.325 e. The fourth-order valence-corrected chi connectivity index (χ4v) is 4.83. The fourth-order valence-electron chi connectivity index (χ4n) is 3.64. The van der Waals surface area contributed by atoms with Crippen LogP contribution in [0, 0.1) is 5.82 Å². The Hall–Kier alpha value is -2.57. The number of urea groups is 1. The SMILES string of the molecule is COC1CN(c2ncc(C[C@@H](O)CO)cc2Cl)CCN1C(=O)Nc1nc2ccc(F)cc2s1. The molecule has 0 radical (unpaired) electrons. The molecule has 3 aromatic rings. The lowest BCUT2D eigenvalue weighted by molar-refractivity contribution is -0.00955. The van der Waals surface area contributed by atoms with Crippen LogP contribution in [0.3, 0.4) is 0 Å². The van der Waals surface area contributed by atoms with Crippen molar-refractivity contribution in [2.45, 2.75) is 18.8 Å². The zero-order valence-corrected chi connectivity index (χ0v) is 19.3. The van der Waals surface area contributed by atoms with Gasteiger partial charge in [-0.15, -0.1) is 0 Å². The van der Waals surface area contributed by atoms with Crippen LogP contribution in [0.25, 0.3) is 10.2 Å². The summed E-state index contributed by atoms with van der Waals surface area (Å²) in [6.07, 6.45) is 0.426. The lowest BCUT2D eigenvalue weighted by Crippen LogP contribution is -2.57. The zero-order valence-electron chi connectivity index (χ0n) is 17.7. The van der Waals surface area contributed by atoms with Crippen LogP contribution in [-0.2, 0) is 11.2 Å². The summed E-state index contributed by atoms with van der Waals surface area (Å²) in [5.41, 5.74) is 1.32. The molecule has 1 aromatic carbocycles. The number of methoxy groups -OCH3 is 1. The molecule has 0 spiro atoms. The molecular formula is C21H23ClFN5O4S. The molecule has 1 aliphatic rings. The number of nitrogens with zero attached hydrogens (tertiary/aromatic N) is 4. The molecule has 2 amide bonds. The van der Waals surface area contributed by atoms with Crippen molar-refractivity contribution >= 4 is 50.1 Å². The van der Waals surface area contributed by atoms with E-state index in [2.05, 4.69) is 15.3 Å². The first-order chi connectivity index (χ1) is 15.9. The molecule has 2 atom stereocenters. The van der Waals surface area contributed by atoms with Crippen molar-refractivity contribution in [2.24, 2.45) is 0 Å². The van der Waals surface area contributed by atoms with Gasteiger partial charge in [0.2, 0.25) is 0 Å². The normalized spacial score (nSPS) is 17.4. The van der Waals surface area contributed by atoms with E-state index >= 15 is 0 Å². The third-order valence-electron chi connectivity index (χ3n) is 5.29. The Morgan fingerprint density at radius 1 is 1.42 bits per heavy atom. The molecule has 0 aliphatic carbocycles. The van der Waals surface area contributed by atoms with Crippen molar-refractivity contribution in [1.82, 2.24) is 14.9 Å². The summed E-state index contributed by atoms with van der Waals surface area (Å²) < 4.78 is 19.6. The van der Waals surface area contributed by atoms with Crippen LogP contribution in [-0.4, -0.2) is 76.8 Å². The Kier molecular flexibility index (Phi) is 7.25. The summed E-state index contributed by atoms with van der Waals surface area (Å²) in [6.45, 7) is 0.837. The molecule has 1 aliphatic heterocycles. The van der Waals surface area contributed by atoms with Crippen molar-refractivity contribution in [2.75, 3.05) is 43.6 Å². The molecule has 9 nitrogen and oxygen atoms in total. The molecule has 0 bridgehead atoms. The van der Waals surface area contributed by atoms with E-state index in [0.717, 1.165) is 0 Å². The zero-order chi connectivity index (χ0) is 23.5. The summed E-state index contributed by atoms with van der Waals surface area (Å²) in [4.78, 5) is 25.1. The van der Waals surface area contributed by atoms with Gasteiger partial charge in [-0.25, -0.2) is 19.2 Å². The van der Waals surface area contributed by atoms with Crippen molar-refractivity contribution in [3.05, 3.63) is 46.9 Å². The first-order valence-corrected chi connectivity index (χ1v) is 11.4. The molecule has 176 valence electrons. The maximum atomic E-state index is 13.4. The van der Waals surface area contributed by atoms with Crippen molar-refractivity contribution in [1.29, 1.82) is 0 Å². The molecule has 0 saturated carbocycles. The van der Waals surface area contributed by atoms with Gasteiger partial charge in [0.15, 0.2) is 11.4 Å². The Bertz CT molecular complexity index is 1150. The van der Waals surface area contributed by atoms with Crippen LogP contribution < -0.4 is 10.2 Å². The number of carbonyl (C=O) groups excluding carboxylic acids is 1. The van der Waals surface area contributed by atoms with Gasteiger partial charge in [0.05, 0.1) is 34.5 Å². The summed E-state index contributed by atoms with van der Waals surface area (Å²) in [5.74, 6) is 0.193. The van der Waals surface area contributed by atoms with Gasteiger partial charge in [-0.2, -0.15) is 0 Å². The molecule has 33 heavy (non-hydrogen) atoms. The number of hydrogen-bond acceptors (Lipinski definition) is 8. The van der Waals surface area contributed by atoms with Gasteiger partial charge in [-0.1, -0.05) is 22.9 Å². The number of rotatable bonds is 6. The first-order valence-electron chi connectivity index (χ1n) is 10.2. The highest BCUT2D eigenvalue weighted by Crippen LogP contribution is 2.29. The Morgan fingerprint density at radius 2 is 2.24 bits per heavy atom. The van der Waals surface area contributed by atoms with Gasteiger partial charge in [0, 0.05) is 32.8 Å². The fraction of sp³-hybridized carbons (Fsp3) is 0.381. The van der Waals surface area contributed by atoms with E-state index < -0.39 is 12.3 Å². The largest absolute Gasteiger partial charge is 0.394 e. The molecule has 1 unspecified atom stereocenters. The number of amides is 2. The lowest BCUT2D eigenvalue weighted by atomic mass is 10.1. The third-order valence-corrected chi connectivity index (χ3v) is 6.50. The highest BCUT2D eigenvalue weighted by molar-refractivity contribution is 7.22. The van der Waals surface area contributed by atoms with Crippen LogP contribution in [0.2, 0.25) is 5.02 Å². The van der Waals surface area contributed by atoms with Crippen LogP contribution in [0.4, 0.5) is 20.1 Å². The van der Waals surface area contributed by atoms with Gasteiger partial charge in [-0.05, 0) is 29.8 Å². The predicted molar refractivity (Wildman–Crippen MR) is 124 cm³/mol. The maximum absolute atomic E-state index is 13.4. The number of ether oxygens (including phenoxy) is 1. The Morgan fingerprint density at radius 3 is 2.97 bits per heavy atom. The number of aromatic nitrogens is 2. The molecule has 3 heterocycles. The number of benzene rings is 1. The van der Waals surface area contributed by atoms with Crippen LogP contribution >= 0.6 is 22.9 Å². The number of nitrogens with one attached hydrogen (secondary N) is 1. The molecule has 12 heteroatoms. The number of fused-ring (bicyclic) bond motifs is 1. The van der Waals surface area contributed by atoms with Gasteiger partial charge >= 0.3 is 6.03 Å². The van der Waals surface area contributed by atoms with Crippen molar-refractivity contribution in [3.8, 4) is 0 Å². The molecule has 2 aromatic heterocycles. The van der Waals surface area contributed by atoms with E-state index in [-0.39, 0.29) is 24.9 Å². The first kappa shape index (κ1) is 23.6. The molecular weight excluding hydrogens is 473 g/mol. The number of carbonyl (C=O) groups is 1. The van der Waals surface area contributed by atoms with Gasteiger partial charge in [-0.3, -0.25) is 10.2 Å². The van der Waals surface area contributed by atoms with Crippen LogP contribution in [0.1, 0.15) is 5.56 Å².